The van der Waals surface area contributed by atoms with Crippen LogP contribution in [0.5, 0.6) is 0 Å². The smallest absolute Gasteiger partial charge is 0.126 e. The Morgan fingerprint density at radius 3 is 3.08 bits per heavy atom. The molecule has 0 unspecified atom stereocenters. The summed E-state index contributed by atoms with van der Waals surface area (Å²) in [4.78, 5) is 4.35. The standard InChI is InChI=1S/C10H9N2/c1-11-10-7-6-8-4-2-3-5-9(8)12-10/h2,4-7H,1H3,(H,11,12). The molecule has 0 saturated heterocycles. The average Bonchev–Trinajstić information content (AvgIpc) is 2.17. The van der Waals surface area contributed by atoms with Gasteiger partial charge in [-0.2, -0.15) is 0 Å². The molecule has 0 fully saturated rings. The van der Waals surface area contributed by atoms with Crippen molar-refractivity contribution in [2.24, 2.45) is 0 Å². The number of hydrogen-bond acceptors (Lipinski definition) is 2. The SMILES string of the molecule is CNc1ccc2cc[c]cc2n1. The molecular formula is C10H9N2. The fraction of sp³-hybridized carbons (Fsp3) is 0.100. The molecule has 0 aliphatic rings. The van der Waals surface area contributed by atoms with E-state index in [9.17, 15) is 0 Å². The number of nitrogens with zero attached hydrogens (tertiary/aromatic N) is 1. The lowest BCUT2D eigenvalue weighted by Gasteiger charge is -2.00. The van der Waals surface area contributed by atoms with Crippen LogP contribution in [0, 0.1) is 6.07 Å². The second-order valence-corrected chi connectivity index (χ2v) is 2.57. The number of anilines is 1. The van der Waals surface area contributed by atoms with E-state index in [1.807, 2.05) is 37.4 Å². The maximum Gasteiger partial charge on any atom is 0.126 e. The molecule has 59 valence electrons. The molecule has 2 heteroatoms. The number of hydrogen-bond donors (Lipinski definition) is 1. The average molecular weight is 157 g/mol. The van der Waals surface area contributed by atoms with Crippen LogP contribution in [0.1, 0.15) is 0 Å². The van der Waals surface area contributed by atoms with Crippen molar-refractivity contribution in [3.63, 3.8) is 0 Å². The predicted octanol–water partition coefficient (Wildman–Crippen LogP) is 2.08. The van der Waals surface area contributed by atoms with Crippen LogP contribution in [0.15, 0.2) is 30.3 Å². The largest absolute Gasteiger partial charge is 0.373 e. The Bertz CT molecular complexity index is 396. The molecule has 0 saturated carbocycles. The number of benzene rings is 1. The van der Waals surface area contributed by atoms with Gasteiger partial charge in [0.05, 0.1) is 5.52 Å². The molecule has 12 heavy (non-hydrogen) atoms. The molecule has 0 bridgehead atoms. The Morgan fingerprint density at radius 1 is 1.33 bits per heavy atom. The van der Waals surface area contributed by atoms with Gasteiger partial charge in [-0.25, -0.2) is 4.98 Å². The van der Waals surface area contributed by atoms with Crippen LogP contribution in [-0.4, -0.2) is 12.0 Å². The van der Waals surface area contributed by atoms with Crippen LogP contribution in [0.3, 0.4) is 0 Å². The highest BCUT2D eigenvalue weighted by atomic mass is 15.0. The maximum atomic E-state index is 4.35. The summed E-state index contributed by atoms with van der Waals surface area (Å²) in [5, 5.41) is 4.14. The van der Waals surface area contributed by atoms with Gasteiger partial charge in [0.1, 0.15) is 5.82 Å². The van der Waals surface area contributed by atoms with Crippen molar-refractivity contribution in [2.75, 3.05) is 12.4 Å². The minimum Gasteiger partial charge on any atom is -0.373 e. The van der Waals surface area contributed by atoms with E-state index in [1.165, 1.54) is 0 Å². The van der Waals surface area contributed by atoms with Crippen molar-refractivity contribution in [2.45, 2.75) is 0 Å². The second kappa shape index (κ2) is 2.81. The summed E-state index contributed by atoms with van der Waals surface area (Å²) in [6.07, 6.45) is 0. The molecule has 2 rings (SSSR count). The summed E-state index contributed by atoms with van der Waals surface area (Å²) in [5.41, 5.74) is 0.976. The summed E-state index contributed by atoms with van der Waals surface area (Å²) in [6.45, 7) is 0. The van der Waals surface area contributed by atoms with Crippen molar-refractivity contribution < 1.29 is 0 Å². The Hall–Kier alpha value is -1.57. The number of aromatic nitrogens is 1. The predicted molar refractivity (Wildman–Crippen MR) is 50.1 cm³/mol. The van der Waals surface area contributed by atoms with E-state index in [1.54, 1.807) is 0 Å². The minimum atomic E-state index is 0.891. The third-order valence-electron chi connectivity index (χ3n) is 1.79. The number of nitrogens with one attached hydrogen (secondary N) is 1. The van der Waals surface area contributed by atoms with Gasteiger partial charge in [0.25, 0.3) is 0 Å². The van der Waals surface area contributed by atoms with E-state index >= 15 is 0 Å². The Morgan fingerprint density at radius 2 is 2.25 bits per heavy atom. The van der Waals surface area contributed by atoms with Gasteiger partial charge in [-0.3, -0.25) is 0 Å². The number of pyridine rings is 1. The van der Waals surface area contributed by atoms with E-state index in [2.05, 4.69) is 16.4 Å². The van der Waals surface area contributed by atoms with Crippen molar-refractivity contribution >= 4 is 16.7 Å². The quantitative estimate of drug-likeness (QED) is 0.685. The van der Waals surface area contributed by atoms with Crippen LogP contribution < -0.4 is 5.32 Å². The lowest BCUT2D eigenvalue weighted by atomic mass is 10.2. The van der Waals surface area contributed by atoms with Gasteiger partial charge in [-0.15, -0.1) is 0 Å². The van der Waals surface area contributed by atoms with Gasteiger partial charge in [0.2, 0.25) is 0 Å². The molecule has 2 aromatic rings. The van der Waals surface area contributed by atoms with Crippen molar-refractivity contribution in [1.29, 1.82) is 0 Å². The zero-order chi connectivity index (χ0) is 8.39. The molecule has 1 aromatic carbocycles. The topological polar surface area (TPSA) is 24.9 Å². The normalized spacial score (nSPS) is 10.1. The highest BCUT2D eigenvalue weighted by Crippen LogP contribution is 2.13. The van der Waals surface area contributed by atoms with Crippen molar-refractivity contribution in [3.05, 3.63) is 36.4 Å². The third kappa shape index (κ3) is 1.11. The highest BCUT2D eigenvalue weighted by Gasteiger charge is 1.93. The van der Waals surface area contributed by atoms with Gasteiger partial charge >= 0.3 is 0 Å². The van der Waals surface area contributed by atoms with E-state index < -0.39 is 0 Å². The van der Waals surface area contributed by atoms with Crippen LogP contribution in [0.25, 0.3) is 10.9 Å². The molecule has 1 heterocycles. The Balaban J connectivity index is 2.67. The molecular weight excluding hydrogens is 148 g/mol. The summed E-state index contributed by atoms with van der Waals surface area (Å²) in [6, 6.07) is 12.8. The van der Waals surface area contributed by atoms with Crippen LogP contribution in [0.4, 0.5) is 5.82 Å². The van der Waals surface area contributed by atoms with Gasteiger partial charge in [-0.05, 0) is 24.3 Å². The van der Waals surface area contributed by atoms with E-state index in [4.69, 9.17) is 0 Å². The first kappa shape index (κ1) is 7.10. The van der Waals surface area contributed by atoms with E-state index in [0.29, 0.717) is 0 Å². The highest BCUT2D eigenvalue weighted by molar-refractivity contribution is 5.79. The lowest BCUT2D eigenvalue weighted by molar-refractivity contribution is 1.34. The lowest BCUT2D eigenvalue weighted by Crippen LogP contribution is -1.91. The Kier molecular flexibility index (Phi) is 1.67. The molecule has 0 aliphatic heterocycles. The van der Waals surface area contributed by atoms with Crippen LogP contribution in [-0.2, 0) is 0 Å². The van der Waals surface area contributed by atoms with Gasteiger partial charge in [0, 0.05) is 12.4 Å². The first-order valence-corrected chi connectivity index (χ1v) is 3.85. The fourth-order valence-corrected chi connectivity index (χ4v) is 1.15. The fourth-order valence-electron chi connectivity index (χ4n) is 1.15. The molecule has 0 amide bonds. The van der Waals surface area contributed by atoms with Crippen molar-refractivity contribution in [3.8, 4) is 0 Å². The Labute approximate surface area is 71.2 Å². The summed E-state index contributed by atoms with van der Waals surface area (Å²) < 4.78 is 0. The molecule has 0 atom stereocenters. The van der Waals surface area contributed by atoms with E-state index in [-0.39, 0.29) is 0 Å². The van der Waals surface area contributed by atoms with Crippen molar-refractivity contribution in [1.82, 2.24) is 4.98 Å². The molecule has 0 aliphatic carbocycles. The van der Waals surface area contributed by atoms with Crippen LogP contribution in [0.2, 0.25) is 0 Å². The van der Waals surface area contributed by atoms with Gasteiger partial charge < -0.3 is 5.32 Å². The number of rotatable bonds is 1. The zero-order valence-corrected chi connectivity index (χ0v) is 6.83. The first-order chi connectivity index (χ1) is 5.90. The van der Waals surface area contributed by atoms with Gasteiger partial charge in [-0.1, -0.05) is 12.1 Å². The molecule has 1 N–H and O–H groups in total. The molecule has 0 spiro atoms. The summed E-state index contributed by atoms with van der Waals surface area (Å²) in [7, 11) is 1.86. The van der Waals surface area contributed by atoms with Gasteiger partial charge in [0.15, 0.2) is 0 Å². The summed E-state index contributed by atoms with van der Waals surface area (Å²) in [5.74, 6) is 0.891. The molecule has 1 aromatic heterocycles. The molecule has 1 radical (unpaired) electrons. The molecule has 2 nitrogen and oxygen atoms in total. The first-order valence-electron chi connectivity index (χ1n) is 3.85. The summed E-state index contributed by atoms with van der Waals surface area (Å²) >= 11 is 0. The monoisotopic (exact) mass is 157 g/mol. The maximum absolute atomic E-state index is 4.35. The third-order valence-corrected chi connectivity index (χ3v) is 1.79. The zero-order valence-electron chi connectivity index (χ0n) is 6.83. The second-order valence-electron chi connectivity index (χ2n) is 2.57. The van der Waals surface area contributed by atoms with E-state index in [0.717, 1.165) is 16.7 Å². The van der Waals surface area contributed by atoms with Crippen LogP contribution >= 0.6 is 0 Å². The number of fused-ring (bicyclic) bond motifs is 1. The minimum absolute atomic E-state index is 0.891.